The van der Waals surface area contributed by atoms with Gasteiger partial charge in [-0.3, -0.25) is 0 Å². The van der Waals surface area contributed by atoms with E-state index in [9.17, 15) is 13.2 Å². The number of nitrogens with two attached hydrogens (primary N) is 1. The number of hydrogen-bond acceptors (Lipinski definition) is 4. The average Bonchev–Trinajstić information content (AvgIpc) is 2.34. The quantitative estimate of drug-likeness (QED) is 0.888. The van der Waals surface area contributed by atoms with E-state index in [0.29, 0.717) is 0 Å². The lowest BCUT2D eigenvalue weighted by Gasteiger charge is -2.11. The van der Waals surface area contributed by atoms with Crippen molar-refractivity contribution in [2.45, 2.75) is 6.18 Å². The molecule has 4 nitrogen and oxygen atoms in total. The van der Waals surface area contributed by atoms with Gasteiger partial charge in [0.2, 0.25) is 0 Å². The van der Waals surface area contributed by atoms with Crippen molar-refractivity contribution in [3.8, 4) is 0 Å². The summed E-state index contributed by atoms with van der Waals surface area (Å²) in [4.78, 5) is 7.46. The molecule has 1 aromatic heterocycles. The molecule has 0 bridgehead atoms. The second-order valence-corrected chi connectivity index (χ2v) is 4.00. The topological polar surface area (TPSA) is 63.8 Å². The summed E-state index contributed by atoms with van der Waals surface area (Å²) in [5.41, 5.74) is 4.91. The van der Waals surface area contributed by atoms with Crippen LogP contribution in [0.1, 0.15) is 5.56 Å². The highest BCUT2D eigenvalue weighted by Gasteiger charge is 2.30. The van der Waals surface area contributed by atoms with Crippen LogP contribution in [0.4, 0.5) is 30.5 Å². The molecule has 0 amide bonds. The van der Waals surface area contributed by atoms with Crippen molar-refractivity contribution in [3.05, 3.63) is 41.2 Å². The Bertz CT molecular complexity index is 601. The summed E-state index contributed by atoms with van der Waals surface area (Å²) in [5, 5.41) is 2.72. The highest BCUT2D eigenvalue weighted by Crippen LogP contribution is 2.32. The summed E-state index contributed by atoms with van der Waals surface area (Å²) in [6.07, 6.45) is -3.25. The maximum atomic E-state index is 12.6. The number of nitrogens with zero attached hydrogens (tertiary/aromatic N) is 2. The smallest absolute Gasteiger partial charge is 0.382 e. The highest BCUT2D eigenvalue weighted by molar-refractivity contribution is 6.35. The van der Waals surface area contributed by atoms with Gasteiger partial charge in [-0.2, -0.15) is 13.2 Å². The molecular weight excluding hydrogens is 281 g/mol. The monoisotopic (exact) mass is 288 g/mol. The molecule has 1 aromatic carbocycles. The van der Waals surface area contributed by atoms with Crippen molar-refractivity contribution in [2.24, 2.45) is 0 Å². The second kappa shape index (κ2) is 4.93. The Hall–Kier alpha value is -2.02. The van der Waals surface area contributed by atoms with Crippen molar-refractivity contribution >= 4 is 28.9 Å². The van der Waals surface area contributed by atoms with Crippen LogP contribution < -0.4 is 11.1 Å². The third-order valence-corrected chi connectivity index (χ3v) is 2.64. The molecule has 0 atom stereocenters. The predicted octanol–water partition coefficient (Wildman–Crippen LogP) is 3.47. The third kappa shape index (κ3) is 3.05. The Morgan fingerprint density at radius 1 is 1.21 bits per heavy atom. The summed E-state index contributed by atoms with van der Waals surface area (Å²) < 4.78 is 37.7. The van der Waals surface area contributed by atoms with Gasteiger partial charge in [0, 0.05) is 5.69 Å². The van der Waals surface area contributed by atoms with Gasteiger partial charge in [0.25, 0.3) is 0 Å². The molecule has 0 unspecified atom stereocenters. The Morgan fingerprint density at radius 3 is 2.63 bits per heavy atom. The van der Waals surface area contributed by atoms with Crippen LogP contribution in [0.25, 0.3) is 0 Å². The van der Waals surface area contributed by atoms with Crippen LogP contribution in [0.2, 0.25) is 5.02 Å². The van der Waals surface area contributed by atoms with Gasteiger partial charge in [-0.15, -0.1) is 0 Å². The van der Waals surface area contributed by atoms with Crippen LogP contribution in [0.5, 0.6) is 0 Å². The molecule has 19 heavy (non-hydrogen) atoms. The largest absolute Gasteiger partial charge is 0.416 e. The first-order valence-electron chi connectivity index (χ1n) is 5.08. The first kappa shape index (κ1) is 13.4. The summed E-state index contributed by atoms with van der Waals surface area (Å²) in [5.74, 6) is 0.194. The Balaban J connectivity index is 2.31. The van der Waals surface area contributed by atoms with Crippen molar-refractivity contribution < 1.29 is 13.2 Å². The molecule has 0 radical (unpaired) electrons. The predicted molar refractivity (Wildman–Crippen MR) is 66.2 cm³/mol. The fourth-order valence-electron chi connectivity index (χ4n) is 1.38. The van der Waals surface area contributed by atoms with Gasteiger partial charge in [-0.05, 0) is 18.2 Å². The summed E-state index contributed by atoms with van der Waals surface area (Å²) in [6.45, 7) is 0. The molecule has 0 aliphatic heterocycles. The van der Waals surface area contributed by atoms with Gasteiger partial charge in [-0.1, -0.05) is 17.7 Å². The summed E-state index contributed by atoms with van der Waals surface area (Å²) >= 11 is 5.84. The van der Waals surface area contributed by atoms with Gasteiger partial charge >= 0.3 is 6.18 Å². The highest BCUT2D eigenvalue weighted by atomic mass is 35.5. The molecule has 0 aliphatic carbocycles. The van der Waals surface area contributed by atoms with E-state index >= 15 is 0 Å². The van der Waals surface area contributed by atoms with Crippen molar-refractivity contribution in [2.75, 3.05) is 11.1 Å². The van der Waals surface area contributed by atoms with Crippen LogP contribution in [-0.4, -0.2) is 9.97 Å². The normalized spacial score (nSPS) is 11.4. The van der Waals surface area contributed by atoms with Crippen LogP contribution in [0, 0.1) is 0 Å². The van der Waals surface area contributed by atoms with Crippen molar-refractivity contribution in [1.82, 2.24) is 9.97 Å². The maximum Gasteiger partial charge on any atom is 0.416 e. The Labute approximate surface area is 111 Å². The van der Waals surface area contributed by atoms with Crippen molar-refractivity contribution in [1.29, 1.82) is 0 Å². The fourth-order valence-corrected chi connectivity index (χ4v) is 1.53. The first-order chi connectivity index (χ1) is 8.88. The molecule has 2 rings (SSSR count). The zero-order valence-corrected chi connectivity index (χ0v) is 10.1. The van der Waals surface area contributed by atoms with Gasteiger partial charge < -0.3 is 11.1 Å². The lowest BCUT2D eigenvalue weighted by Crippen LogP contribution is -2.05. The zero-order chi connectivity index (χ0) is 14.0. The Morgan fingerprint density at radius 2 is 1.95 bits per heavy atom. The lowest BCUT2D eigenvalue weighted by atomic mass is 10.2. The maximum absolute atomic E-state index is 12.6. The van der Waals surface area contributed by atoms with Crippen LogP contribution in [-0.2, 0) is 6.18 Å². The van der Waals surface area contributed by atoms with Crippen LogP contribution in [0.15, 0.2) is 30.6 Å². The number of benzene rings is 1. The number of anilines is 3. The van der Waals surface area contributed by atoms with E-state index in [2.05, 4.69) is 15.3 Å². The molecule has 8 heteroatoms. The minimum absolute atomic E-state index is 0.0474. The van der Waals surface area contributed by atoms with E-state index < -0.39 is 11.7 Å². The fraction of sp³-hybridized carbons (Fsp3) is 0.0909. The average molecular weight is 289 g/mol. The van der Waals surface area contributed by atoms with E-state index in [1.54, 1.807) is 0 Å². The van der Waals surface area contributed by atoms with E-state index in [1.165, 1.54) is 12.1 Å². The molecular formula is C11H8ClF3N4. The van der Waals surface area contributed by atoms with E-state index in [0.717, 1.165) is 18.5 Å². The molecule has 3 N–H and O–H groups in total. The van der Waals surface area contributed by atoms with Crippen LogP contribution in [0.3, 0.4) is 0 Å². The van der Waals surface area contributed by atoms with E-state index in [-0.39, 0.29) is 22.3 Å². The number of aromatic nitrogens is 2. The molecule has 2 aromatic rings. The first-order valence-corrected chi connectivity index (χ1v) is 5.46. The van der Waals surface area contributed by atoms with Gasteiger partial charge in [-0.25, -0.2) is 9.97 Å². The van der Waals surface area contributed by atoms with Gasteiger partial charge in [0.05, 0.1) is 5.56 Å². The van der Waals surface area contributed by atoms with E-state index in [4.69, 9.17) is 17.3 Å². The summed E-state index contributed by atoms with van der Waals surface area (Å²) in [6, 6.07) is 4.67. The lowest BCUT2D eigenvalue weighted by molar-refractivity contribution is -0.137. The number of halogens is 4. The second-order valence-electron chi connectivity index (χ2n) is 3.63. The SMILES string of the molecule is Nc1ncnc(Nc2cccc(C(F)(F)F)c2)c1Cl. The summed E-state index contributed by atoms with van der Waals surface area (Å²) in [7, 11) is 0. The molecule has 0 fully saturated rings. The van der Waals surface area contributed by atoms with Gasteiger partial charge in [0.15, 0.2) is 5.82 Å². The number of hydrogen-bond donors (Lipinski definition) is 2. The molecule has 0 saturated carbocycles. The molecule has 0 spiro atoms. The van der Waals surface area contributed by atoms with Crippen molar-refractivity contribution in [3.63, 3.8) is 0 Å². The molecule has 1 heterocycles. The number of nitrogen functional groups attached to an aromatic ring is 1. The zero-order valence-electron chi connectivity index (χ0n) is 9.37. The number of rotatable bonds is 2. The molecule has 0 aliphatic rings. The minimum atomic E-state index is -4.41. The van der Waals surface area contributed by atoms with E-state index in [1.807, 2.05) is 0 Å². The molecule has 100 valence electrons. The number of nitrogens with one attached hydrogen (secondary N) is 1. The molecule has 0 saturated heterocycles. The Kier molecular flexibility index (Phi) is 3.48. The third-order valence-electron chi connectivity index (χ3n) is 2.27. The van der Waals surface area contributed by atoms with Crippen LogP contribution >= 0.6 is 11.6 Å². The number of alkyl halides is 3. The minimum Gasteiger partial charge on any atom is -0.382 e. The standard InChI is InChI=1S/C11H8ClF3N4/c12-8-9(16)17-5-18-10(8)19-7-3-1-2-6(4-7)11(13,14)15/h1-5H,(H3,16,17,18,19). The van der Waals surface area contributed by atoms with Gasteiger partial charge in [0.1, 0.15) is 17.2 Å².